The van der Waals surface area contributed by atoms with Gasteiger partial charge in [0.2, 0.25) is 5.75 Å². The summed E-state index contributed by atoms with van der Waals surface area (Å²) in [5.74, 6) is 3.05. The van der Waals surface area contributed by atoms with E-state index in [9.17, 15) is 0 Å². The first-order valence-corrected chi connectivity index (χ1v) is 6.99. The summed E-state index contributed by atoms with van der Waals surface area (Å²) in [5.41, 5.74) is 0.793. The number of hydrogen-bond acceptors (Lipinski definition) is 6. The third-order valence-corrected chi connectivity index (χ3v) is 3.02. The number of nitrogens with one attached hydrogen (secondary N) is 1. The molecule has 0 atom stereocenters. The van der Waals surface area contributed by atoms with Crippen LogP contribution in [-0.4, -0.2) is 37.3 Å². The third-order valence-electron chi connectivity index (χ3n) is 3.02. The molecule has 22 heavy (non-hydrogen) atoms. The van der Waals surface area contributed by atoms with E-state index >= 15 is 0 Å². The largest absolute Gasteiger partial charge is 0.493 e. The number of anilines is 1. The molecular weight excluding hydrogens is 282 g/mol. The number of benzene rings is 1. The number of ether oxygens (including phenoxy) is 3. The molecule has 1 aromatic heterocycles. The molecule has 2 rings (SSSR count). The minimum absolute atomic E-state index is 0.294. The summed E-state index contributed by atoms with van der Waals surface area (Å²) < 4.78 is 16.0. The zero-order valence-corrected chi connectivity index (χ0v) is 13.5. The lowest BCUT2D eigenvalue weighted by Crippen LogP contribution is -2.11. The quantitative estimate of drug-likeness (QED) is 0.885. The van der Waals surface area contributed by atoms with Gasteiger partial charge in [-0.05, 0) is 32.0 Å². The van der Waals surface area contributed by atoms with Gasteiger partial charge in [-0.25, -0.2) is 9.97 Å². The molecule has 0 saturated carbocycles. The van der Waals surface area contributed by atoms with Gasteiger partial charge in [0.25, 0.3) is 0 Å². The fourth-order valence-electron chi connectivity index (χ4n) is 2.08. The van der Waals surface area contributed by atoms with Crippen LogP contribution < -0.4 is 19.5 Å². The topological polar surface area (TPSA) is 65.5 Å². The smallest absolute Gasteiger partial charge is 0.203 e. The Labute approximate surface area is 130 Å². The van der Waals surface area contributed by atoms with Gasteiger partial charge in [-0.2, -0.15) is 0 Å². The summed E-state index contributed by atoms with van der Waals surface area (Å²) in [6.07, 6.45) is 1.72. The van der Waals surface area contributed by atoms with Gasteiger partial charge in [0.15, 0.2) is 17.3 Å². The van der Waals surface area contributed by atoms with E-state index in [1.165, 1.54) is 0 Å². The Morgan fingerprint density at radius 1 is 1.00 bits per heavy atom. The standard InChI is InChI=1S/C16H21N3O3/c1-10(2)18-14-6-7-17-16(19-14)11-8-12(20-3)15(22-5)13(9-11)21-4/h6-10H,1-5H3,(H,17,18,19). The van der Waals surface area contributed by atoms with Gasteiger partial charge in [-0.15, -0.1) is 0 Å². The molecule has 0 aliphatic rings. The predicted molar refractivity (Wildman–Crippen MR) is 85.9 cm³/mol. The van der Waals surface area contributed by atoms with E-state index in [2.05, 4.69) is 29.1 Å². The van der Waals surface area contributed by atoms with Gasteiger partial charge < -0.3 is 19.5 Å². The molecule has 0 fully saturated rings. The van der Waals surface area contributed by atoms with Crippen molar-refractivity contribution < 1.29 is 14.2 Å². The SMILES string of the molecule is COc1cc(-c2nccc(NC(C)C)n2)cc(OC)c1OC. The van der Waals surface area contributed by atoms with Crippen molar-refractivity contribution in [2.45, 2.75) is 19.9 Å². The molecule has 0 radical (unpaired) electrons. The van der Waals surface area contributed by atoms with Gasteiger partial charge in [0, 0.05) is 17.8 Å². The summed E-state index contributed by atoms with van der Waals surface area (Å²) in [4.78, 5) is 8.84. The van der Waals surface area contributed by atoms with Crippen LogP contribution in [0.15, 0.2) is 24.4 Å². The van der Waals surface area contributed by atoms with Crippen molar-refractivity contribution in [3.63, 3.8) is 0 Å². The normalized spacial score (nSPS) is 10.5. The molecule has 0 spiro atoms. The first-order chi connectivity index (χ1) is 10.6. The Morgan fingerprint density at radius 3 is 2.14 bits per heavy atom. The Bertz CT molecular complexity index is 619. The zero-order chi connectivity index (χ0) is 16.1. The van der Waals surface area contributed by atoms with Crippen LogP contribution in [0.1, 0.15) is 13.8 Å². The molecule has 0 unspecified atom stereocenters. The van der Waals surface area contributed by atoms with E-state index in [0.717, 1.165) is 11.4 Å². The van der Waals surface area contributed by atoms with Crippen molar-refractivity contribution in [2.24, 2.45) is 0 Å². The van der Waals surface area contributed by atoms with Gasteiger partial charge in [-0.3, -0.25) is 0 Å². The van der Waals surface area contributed by atoms with E-state index in [0.29, 0.717) is 29.1 Å². The highest BCUT2D eigenvalue weighted by atomic mass is 16.5. The molecular formula is C16H21N3O3. The van der Waals surface area contributed by atoms with Crippen LogP contribution in [0, 0.1) is 0 Å². The minimum Gasteiger partial charge on any atom is -0.493 e. The van der Waals surface area contributed by atoms with Crippen LogP contribution >= 0.6 is 0 Å². The average molecular weight is 303 g/mol. The molecule has 0 bridgehead atoms. The molecule has 6 nitrogen and oxygen atoms in total. The number of nitrogens with zero attached hydrogens (tertiary/aromatic N) is 2. The molecule has 2 aromatic rings. The van der Waals surface area contributed by atoms with Gasteiger partial charge >= 0.3 is 0 Å². The van der Waals surface area contributed by atoms with E-state index in [1.807, 2.05) is 18.2 Å². The van der Waals surface area contributed by atoms with Crippen LogP contribution in [0.4, 0.5) is 5.82 Å². The van der Waals surface area contributed by atoms with Crippen LogP contribution in [0.2, 0.25) is 0 Å². The highest BCUT2D eigenvalue weighted by Crippen LogP contribution is 2.40. The van der Waals surface area contributed by atoms with Crippen molar-refractivity contribution in [3.05, 3.63) is 24.4 Å². The Morgan fingerprint density at radius 2 is 1.64 bits per heavy atom. The molecule has 1 heterocycles. The lowest BCUT2D eigenvalue weighted by Gasteiger charge is -2.14. The van der Waals surface area contributed by atoms with Crippen molar-refractivity contribution in [1.29, 1.82) is 0 Å². The second-order valence-electron chi connectivity index (χ2n) is 4.98. The molecule has 0 aliphatic heterocycles. The minimum atomic E-state index is 0.294. The first-order valence-electron chi connectivity index (χ1n) is 6.99. The maximum Gasteiger partial charge on any atom is 0.203 e. The molecule has 0 aliphatic carbocycles. The Kier molecular flexibility index (Phi) is 5.04. The average Bonchev–Trinajstić information content (AvgIpc) is 2.52. The molecule has 0 amide bonds. The second kappa shape index (κ2) is 6.98. The summed E-state index contributed by atoms with van der Waals surface area (Å²) in [6.45, 7) is 4.11. The first kappa shape index (κ1) is 15.9. The molecule has 0 saturated heterocycles. The lowest BCUT2D eigenvalue weighted by molar-refractivity contribution is 0.324. The van der Waals surface area contributed by atoms with E-state index in [-0.39, 0.29) is 0 Å². The molecule has 1 N–H and O–H groups in total. The van der Waals surface area contributed by atoms with Gasteiger partial charge in [0.1, 0.15) is 5.82 Å². The summed E-state index contributed by atoms with van der Waals surface area (Å²) in [7, 11) is 4.74. The maximum absolute atomic E-state index is 5.36. The number of hydrogen-bond donors (Lipinski definition) is 1. The van der Waals surface area contributed by atoms with E-state index in [4.69, 9.17) is 14.2 Å². The highest BCUT2D eigenvalue weighted by molar-refractivity contribution is 5.67. The highest BCUT2D eigenvalue weighted by Gasteiger charge is 2.15. The second-order valence-corrected chi connectivity index (χ2v) is 4.98. The van der Waals surface area contributed by atoms with Crippen LogP contribution in [0.3, 0.4) is 0 Å². The molecule has 118 valence electrons. The molecule has 6 heteroatoms. The Balaban J connectivity index is 2.48. The predicted octanol–water partition coefficient (Wildman–Crippen LogP) is 2.99. The van der Waals surface area contributed by atoms with Crippen molar-refractivity contribution in [2.75, 3.05) is 26.6 Å². The number of rotatable bonds is 6. The zero-order valence-electron chi connectivity index (χ0n) is 13.5. The molecule has 1 aromatic carbocycles. The fraction of sp³-hybridized carbons (Fsp3) is 0.375. The Hall–Kier alpha value is -2.50. The number of aromatic nitrogens is 2. The van der Waals surface area contributed by atoms with Crippen molar-refractivity contribution in [1.82, 2.24) is 9.97 Å². The fourth-order valence-corrected chi connectivity index (χ4v) is 2.08. The summed E-state index contributed by atoms with van der Waals surface area (Å²) in [6, 6.07) is 5.79. The van der Waals surface area contributed by atoms with Crippen LogP contribution in [0.25, 0.3) is 11.4 Å². The van der Waals surface area contributed by atoms with Crippen molar-refractivity contribution in [3.8, 4) is 28.6 Å². The van der Waals surface area contributed by atoms with Crippen LogP contribution in [0.5, 0.6) is 17.2 Å². The van der Waals surface area contributed by atoms with E-state index < -0.39 is 0 Å². The van der Waals surface area contributed by atoms with Gasteiger partial charge in [0.05, 0.1) is 21.3 Å². The third kappa shape index (κ3) is 3.39. The summed E-state index contributed by atoms with van der Waals surface area (Å²) in [5, 5.41) is 3.26. The van der Waals surface area contributed by atoms with Gasteiger partial charge in [-0.1, -0.05) is 0 Å². The maximum atomic E-state index is 5.36. The van der Waals surface area contributed by atoms with Crippen molar-refractivity contribution >= 4 is 5.82 Å². The lowest BCUT2D eigenvalue weighted by atomic mass is 10.1. The van der Waals surface area contributed by atoms with Crippen LogP contribution in [-0.2, 0) is 0 Å². The monoisotopic (exact) mass is 303 g/mol. The van der Waals surface area contributed by atoms with E-state index in [1.54, 1.807) is 27.5 Å². The number of methoxy groups -OCH3 is 3. The summed E-state index contributed by atoms with van der Waals surface area (Å²) >= 11 is 0.